The highest BCUT2D eigenvalue weighted by Gasteiger charge is 2.22. The molecular weight excluding hydrogens is 438 g/mol. The Bertz CT molecular complexity index is 1370. The summed E-state index contributed by atoms with van der Waals surface area (Å²) in [6, 6.07) is 14.9. The van der Waals surface area contributed by atoms with Gasteiger partial charge < -0.3 is 10.6 Å². The monoisotopic (exact) mass is 452 g/mol. The van der Waals surface area contributed by atoms with E-state index in [1.807, 2.05) is 0 Å². The molecule has 0 fully saturated rings. The van der Waals surface area contributed by atoms with Gasteiger partial charge in [0.05, 0.1) is 16.8 Å². The van der Waals surface area contributed by atoms with Gasteiger partial charge in [-0.1, -0.05) is 35.5 Å². The molecular formula is C21H14F2N6O4. The molecule has 2 heterocycles. The number of aromatic nitrogens is 3. The number of halogens is 2. The van der Waals surface area contributed by atoms with Gasteiger partial charge in [0.15, 0.2) is 11.5 Å². The Hall–Kier alpha value is -4.74. The number of alkyl halides is 2. The van der Waals surface area contributed by atoms with Crippen molar-refractivity contribution in [1.82, 2.24) is 14.6 Å². The van der Waals surface area contributed by atoms with Crippen molar-refractivity contribution in [2.75, 3.05) is 0 Å². The number of hydrogen-bond donors (Lipinski definition) is 1. The van der Waals surface area contributed by atoms with Gasteiger partial charge in [-0.05, 0) is 18.2 Å². The molecule has 12 heteroatoms. The number of amidine groups is 1. The summed E-state index contributed by atoms with van der Waals surface area (Å²) in [5, 5.41) is 18.1. The summed E-state index contributed by atoms with van der Waals surface area (Å²) in [6.07, 6.45) is -1.83. The van der Waals surface area contributed by atoms with Gasteiger partial charge >= 0.3 is 5.97 Å². The third kappa shape index (κ3) is 4.35. The van der Waals surface area contributed by atoms with Crippen LogP contribution in [0.25, 0.3) is 16.9 Å². The predicted octanol–water partition coefficient (Wildman–Crippen LogP) is 3.72. The summed E-state index contributed by atoms with van der Waals surface area (Å²) < 4.78 is 28.1. The molecule has 0 atom stereocenters. The molecule has 33 heavy (non-hydrogen) atoms. The lowest BCUT2D eigenvalue weighted by Crippen LogP contribution is -2.15. The summed E-state index contributed by atoms with van der Waals surface area (Å²) >= 11 is 0. The number of nitro benzene ring substituents is 1. The minimum atomic E-state index is -2.88. The van der Waals surface area contributed by atoms with E-state index in [0.29, 0.717) is 5.56 Å². The first kappa shape index (κ1) is 21.5. The molecule has 10 nitrogen and oxygen atoms in total. The van der Waals surface area contributed by atoms with Gasteiger partial charge in [0.2, 0.25) is 0 Å². The van der Waals surface area contributed by atoms with Gasteiger partial charge in [-0.25, -0.2) is 23.1 Å². The maximum absolute atomic E-state index is 13.6. The number of nitro groups is 1. The fourth-order valence-corrected chi connectivity index (χ4v) is 2.99. The molecule has 2 N–H and O–H groups in total. The van der Waals surface area contributed by atoms with Gasteiger partial charge in [-0.3, -0.25) is 10.1 Å². The molecule has 2 aromatic carbocycles. The molecule has 0 amide bonds. The largest absolute Gasteiger partial charge is 0.380 e. The maximum Gasteiger partial charge on any atom is 0.371 e. The SMILES string of the molecule is N/C(=N\OC(=O)c1cnn2c(C(F)F)cc(-c3ccccc3)nc12)c1ccc([N+](=O)[O-])cc1. The number of carbonyl (C=O) groups is 1. The Morgan fingerprint density at radius 2 is 1.85 bits per heavy atom. The first-order valence-electron chi connectivity index (χ1n) is 9.37. The molecule has 166 valence electrons. The minimum absolute atomic E-state index is 0.138. The van der Waals surface area contributed by atoms with Crippen LogP contribution < -0.4 is 5.73 Å². The van der Waals surface area contributed by atoms with Gasteiger partial charge in [-0.2, -0.15) is 5.10 Å². The molecule has 4 aromatic rings. The Morgan fingerprint density at radius 1 is 1.15 bits per heavy atom. The van der Waals surface area contributed by atoms with E-state index in [1.165, 1.54) is 30.3 Å². The van der Waals surface area contributed by atoms with Gasteiger partial charge in [-0.15, -0.1) is 0 Å². The van der Waals surface area contributed by atoms with Crippen LogP contribution in [0.4, 0.5) is 14.5 Å². The smallest absolute Gasteiger partial charge is 0.371 e. The van der Waals surface area contributed by atoms with E-state index in [-0.39, 0.29) is 34.0 Å². The van der Waals surface area contributed by atoms with E-state index in [9.17, 15) is 23.7 Å². The van der Waals surface area contributed by atoms with Crippen LogP contribution in [0.3, 0.4) is 0 Å². The normalized spacial score (nSPS) is 11.7. The highest BCUT2D eigenvalue weighted by molar-refractivity contribution is 5.99. The second-order valence-corrected chi connectivity index (χ2v) is 6.69. The molecule has 0 spiro atoms. The fourth-order valence-electron chi connectivity index (χ4n) is 2.99. The molecule has 0 aliphatic carbocycles. The molecule has 0 bridgehead atoms. The van der Waals surface area contributed by atoms with Crippen molar-refractivity contribution in [3.8, 4) is 11.3 Å². The van der Waals surface area contributed by atoms with Crippen molar-refractivity contribution in [3.63, 3.8) is 0 Å². The number of fused-ring (bicyclic) bond motifs is 1. The zero-order valence-corrected chi connectivity index (χ0v) is 16.6. The van der Waals surface area contributed by atoms with E-state index < -0.39 is 23.0 Å². The van der Waals surface area contributed by atoms with Gasteiger partial charge in [0.1, 0.15) is 11.3 Å². The van der Waals surface area contributed by atoms with Crippen molar-refractivity contribution >= 4 is 23.1 Å². The van der Waals surface area contributed by atoms with Crippen molar-refractivity contribution in [1.29, 1.82) is 0 Å². The standard InChI is InChI=1S/C21H14F2N6O4/c22-18(23)17-10-16(12-4-2-1-3-5-12)26-20-15(11-25-28(17)20)21(30)33-27-19(24)13-6-8-14(9-7-13)29(31)32/h1-11,18H,(H2,24,27). The topological polar surface area (TPSA) is 138 Å². The number of rotatable bonds is 6. The van der Waals surface area contributed by atoms with Gasteiger partial charge in [0, 0.05) is 23.3 Å². The molecule has 0 aliphatic heterocycles. The highest BCUT2D eigenvalue weighted by atomic mass is 19.3. The number of benzene rings is 2. The molecule has 0 aliphatic rings. The lowest BCUT2D eigenvalue weighted by Gasteiger charge is -2.08. The van der Waals surface area contributed by atoms with Gasteiger partial charge in [0.25, 0.3) is 12.1 Å². The summed E-state index contributed by atoms with van der Waals surface area (Å²) in [5.41, 5.74) is 5.90. The molecule has 0 unspecified atom stereocenters. The molecule has 2 aromatic heterocycles. The van der Waals surface area contributed by atoms with Crippen LogP contribution in [0.1, 0.15) is 28.0 Å². The average Bonchev–Trinajstić information content (AvgIpc) is 3.26. The van der Waals surface area contributed by atoms with Crippen molar-refractivity contribution in [2.24, 2.45) is 10.9 Å². The minimum Gasteiger partial charge on any atom is -0.380 e. The lowest BCUT2D eigenvalue weighted by molar-refractivity contribution is -0.384. The van der Waals surface area contributed by atoms with Crippen LogP contribution in [-0.2, 0) is 4.84 Å². The Kier molecular flexibility index (Phi) is 5.72. The first-order valence-corrected chi connectivity index (χ1v) is 9.37. The molecule has 0 radical (unpaired) electrons. The molecule has 0 saturated heterocycles. The number of hydrogen-bond acceptors (Lipinski definition) is 7. The number of nitrogens with zero attached hydrogens (tertiary/aromatic N) is 5. The summed E-state index contributed by atoms with van der Waals surface area (Å²) in [5.74, 6) is -1.24. The van der Waals surface area contributed by atoms with Crippen molar-refractivity contribution < 1.29 is 23.3 Å². The maximum atomic E-state index is 13.6. The van der Waals surface area contributed by atoms with Crippen LogP contribution in [0, 0.1) is 10.1 Å². The van der Waals surface area contributed by atoms with Crippen molar-refractivity contribution in [3.05, 3.63) is 93.8 Å². The lowest BCUT2D eigenvalue weighted by atomic mass is 10.1. The van der Waals surface area contributed by atoms with E-state index in [1.54, 1.807) is 30.3 Å². The number of carbonyl (C=O) groups excluding carboxylic acids is 1. The molecule has 4 rings (SSSR count). The third-order valence-corrected chi connectivity index (χ3v) is 4.61. The number of oxime groups is 1. The second-order valence-electron chi connectivity index (χ2n) is 6.69. The average molecular weight is 452 g/mol. The number of nitrogens with two attached hydrogens (primary N) is 1. The van der Waals surface area contributed by atoms with Crippen LogP contribution >= 0.6 is 0 Å². The fraction of sp³-hybridized carbons (Fsp3) is 0.0476. The third-order valence-electron chi connectivity index (χ3n) is 4.61. The zero-order valence-electron chi connectivity index (χ0n) is 16.6. The highest BCUT2D eigenvalue weighted by Crippen LogP contribution is 2.27. The van der Waals surface area contributed by atoms with E-state index >= 15 is 0 Å². The van der Waals surface area contributed by atoms with Crippen LogP contribution in [0.2, 0.25) is 0 Å². The summed E-state index contributed by atoms with van der Waals surface area (Å²) in [4.78, 5) is 31.9. The van der Waals surface area contributed by atoms with Crippen LogP contribution in [-0.4, -0.2) is 31.3 Å². The second kappa shape index (κ2) is 8.78. The quantitative estimate of drug-likeness (QED) is 0.155. The summed E-state index contributed by atoms with van der Waals surface area (Å²) in [7, 11) is 0. The first-order chi connectivity index (χ1) is 15.8. The van der Waals surface area contributed by atoms with Crippen LogP contribution in [0.5, 0.6) is 0 Å². The van der Waals surface area contributed by atoms with Crippen LogP contribution in [0.15, 0.2) is 72.0 Å². The Labute approximate surface area is 184 Å². The van der Waals surface area contributed by atoms with E-state index in [4.69, 9.17) is 10.6 Å². The van der Waals surface area contributed by atoms with E-state index in [2.05, 4.69) is 15.2 Å². The number of non-ortho nitro benzene ring substituents is 1. The van der Waals surface area contributed by atoms with E-state index in [0.717, 1.165) is 10.7 Å². The van der Waals surface area contributed by atoms with Crippen molar-refractivity contribution in [2.45, 2.75) is 6.43 Å². The Morgan fingerprint density at radius 3 is 2.48 bits per heavy atom. The zero-order chi connectivity index (χ0) is 23.5. The Balaban J connectivity index is 1.66. The summed E-state index contributed by atoms with van der Waals surface area (Å²) in [6.45, 7) is 0. The predicted molar refractivity (Wildman–Crippen MR) is 113 cm³/mol. The molecule has 0 saturated carbocycles.